The highest BCUT2D eigenvalue weighted by Gasteiger charge is 2.06. The van der Waals surface area contributed by atoms with E-state index in [0.29, 0.717) is 23.7 Å². The summed E-state index contributed by atoms with van der Waals surface area (Å²) >= 11 is 7.37. The molecule has 1 aromatic carbocycles. The molecular weight excluding hydrogens is 320 g/mol. The summed E-state index contributed by atoms with van der Waals surface area (Å²) in [6, 6.07) is 9.32. The number of carbonyl (C=O) groups is 2. The average Bonchev–Trinajstić information content (AvgIpc) is 3.01. The van der Waals surface area contributed by atoms with Gasteiger partial charge in [-0.05, 0) is 35.6 Å². The molecule has 2 amide bonds. The van der Waals surface area contributed by atoms with Crippen LogP contribution in [0.3, 0.4) is 0 Å². The highest BCUT2D eigenvalue weighted by atomic mass is 35.5. The number of hydrogen-bond acceptors (Lipinski definition) is 3. The Morgan fingerprint density at radius 3 is 2.73 bits per heavy atom. The van der Waals surface area contributed by atoms with Crippen molar-refractivity contribution in [1.82, 2.24) is 10.6 Å². The van der Waals surface area contributed by atoms with Gasteiger partial charge in [0.1, 0.15) is 0 Å². The largest absolute Gasteiger partial charge is 0.356 e. The van der Waals surface area contributed by atoms with Crippen LogP contribution >= 0.6 is 22.9 Å². The normalized spacial score (nSPS) is 10.2. The quantitative estimate of drug-likeness (QED) is 0.816. The van der Waals surface area contributed by atoms with Crippen LogP contribution in [-0.2, 0) is 11.2 Å². The van der Waals surface area contributed by atoms with E-state index in [4.69, 9.17) is 11.6 Å². The van der Waals surface area contributed by atoms with E-state index in [1.54, 1.807) is 11.4 Å². The van der Waals surface area contributed by atoms with Crippen molar-refractivity contribution < 1.29 is 9.59 Å². The second-order valence-corrected chi connectivity index (χ2v) is 5.96. The standard InChI is InChI=1S/C16H17ClN2O2S/c17-14-3-1-2-12(10-14)4-7-18-15(20)5-8-19-16(21)13-6-9-22-11-13/h1-3,6,9-11H,4-5,7-8H2,(H,18,20)(H,19,21). The Morgan fingerprint density at radius 1 is 1.14 bits per heavy atom. The molecule has 1 aromatic heterocycles. The smallest absolute Gasteiger partial charge is 0.252 e. The van der Waals surface area contributed by atoms with Crippen LogP contribution in [0.2, 0.25) is 5.02 Å². The molecule has 4 nitrogen and oxygen atoms in total. The molecule has 0 atom stereocenters. The van der Waals surface area contributed by atoms with Gasteiger partial charge in [0.05, 0.1) is 0 Å². The molecule has 0 fully saturated rings. The zero-order valence-corrected chi connectivity index (χ0v) is 13.5. The van der Waals surface area contributed by atoms with Crippen LogP contribution in [0.25, 0.3) is 0 Å². The van der Waals surface area contributed by atoms with Crippen LogP contribution < -0.4 is 10.6 Å². The fourth-order valence-corrected chi connectivity index (χ4v) is 2.76. The average molecular weight is 337 g/mol. The van der Waals surface area contributed by atoms with E-state index in [1.165, 1.54) is 11.3 Å². The third-order valence-electron chi connectivity index (χ3n) is 3.05. The molecule has 2 rings (SSSR count). The monoisotopic (exact) mass is 336 g/mol. The van der Waals surface area contributed by atoms with Crippen molar-refractivity contribution in [2.45, 2.75) is 12.8 Å². The van der Waals surface area contributed by atoms with Crippen molar-refractivity contribution in [2.24, 2.45) is 0 Å². The molecular formula is C16H17ClN2O2S. The lowest BCUT2D eigenvalue weighted by atomic mass is 10.1. The molecule has 22 heavy (non-hydrogen) atoms. The van der Waals surface area contributed by atoms with Crippen molar-refractivity contribution in [3.63, 3.8) is 0 Å². The first-order valence-electron chi connectivity index (χ1n) is 6.96. The Bertz CT molecular complexity index is 629. The van der Waals surface area contributed by atoms with Gasteiger partial charge in [-0.25, -0.2) is 0 Å². The van der Waals surface area contributed by atoms with Crippen molar-refractivity contribution in [1.29, 1.82) is 0 Å². The molecule has 0 saturated carbocycles. The molecule has 0 aliphatic heterocycles. The fraction of sp³-hybridized carbons (Fsp3) is 0.250. The van der Waals surface area contributed by atoms with Gasteiger partial charge in [0, 0.05) is 35.5 Å². The summed E-state index contributed by atoms with van der Waals surface area (Å²) in [4.78, 5) is 23.4. The fourth-order valence-electron chi connectivity index (χ4n) is 1.91. The molecule has 116 valence electrons. The minimum atomic E-state index is -0.145. The van der Waals surface area contributed by atoms with Gasteiger partial charge in [-0.1, -0.05) is 23.7 Å². The lowest BCUT2D eigenvalue weighted by Crippen LogP contribution is -2.31. The summed E-state index contributed by atoms with van der Waals surface area (Å²) in [6.45, 7) is 0.884. The van der Waals surface area contributed by atoms with Crippen LogP contribution in [0.1, 0.15) is 22.3 Å². The minimum absolute atomic E-state index is 0.0763. The molecule has 0 saturated heterocycles. The number of hydrogen-bond donors (Lipinski definition) is 2. The topological polar surface area (TPSA) is 58.2 Å². The summed E-state index contributed by atoms with van der Waals surface area (Å²) < 4.78 is 0. The molecule has 6 heteroatoms. The van der Waals surface area contributed by atoms with E-state index in [2.05, 4.69) is 10.6 Å². The van der Waals surface area contributed by atoms with Gasteiger partial charge < -0.3 is 10.6 Å². The van der Waals surface area contributed by atoms with Crippen LogP contribution in [0.15, 0.2) is 41.1 Å². The Balaban J connectivity index is 1.61. The molecule has 0 unspecified atom stereocenters. The van der Waals surface area contributed by atoms with E-state index < -0.39 is 0 Å². The second kappa shape index (κ2) is 8.56. The van der Waals surface area contributed by atoms with Crippen molar-refractivity contribution in [3.8, 4) is 0 Å². The zero-order valence-electron chi connectivity index (χ0n) is 12.0. The van der Waals surface area contributed by atoms with E-state index >= 15 is 0 Å². The highest BCUT2D eigenvalue weighted by molar-refractivity contribution is 7.08. The predicted molar refractivity (Wildman–Crippen MR) is 89.4 cm³/mol. The van der Waals surface area contributed by atoms with Gasteiger partial charge in [-0.3, -0.25) is 9.59 Å². The van der Waals surface area contributed by atoms with Crippen molar-refractivity contribution in [3.05, 3.63) is 57.2 Å². The number of benzene rings is 1. The predicted octanol–water partition coefficient (Wildman–Crippen LogP) is 2.88. The van der Waals surface area contributed by atoms with Gasteiger partial charge >= 0.3 is 0 Å². The molecule has 2 N–H and O–H groups in total. The molecule has 0 aliphatic carbocycles. The molecule has 0 bridgehead atoms. The highest BCUT2D eigenvalue weighted by Crippen LogP contribution is 2.10. The van der Waals surface area contributed by atoms with Crippen LogP contribution in [0.4, 0.5) is 0 Å². The first-order chi connectivity index (χ1) is 10.6. The Kier molecular flexibility index (Phi) is 6.43. The van der Waals surface area contributed by atoms with Gasteiger partial charge in [-0.2, -0.15) is 11.3 Å². The Morgan fingerprint density at radius 2 is 2.00 bits per heavy atom. The molecule has 0 aliphatic rings. The Hall–Kier alpha value is -1.85. The molecule has 1 heterocycles. The van der Waals surface area contributed by atoms with Gasteiger partial charge in [0.25, 0.3) is 5.91 Å². The van der Waals surface area contributed by atoms with Crippen LogP contribution in [0.5, 0.6) is 0 Å². The van der Waals surface area contributed by atoms with Crippen LogP contribution in [0, 0.1) is 0 Å². The number of amides is 2. The summed E-state index contributed by atoms with van der Waals surface area (Å²) in [6.07, 6.45) is 0.999. The third kappa shape index (κ3) is 5.50. The van der Waals surface area contributed by atoms with Gasteiger partial charge in [0.2, 0.25) is 5.91 Å². The van der Waals surface area contributed by atoms with E-state index in [-0.39, 0.29) is 18.2 Å². The first kappa shape index (κ1) is 16.5. The van der Waals surface area contributed by atoms with E-state index in [0.717, 1.165) is 12.0 Å². The molecule has 0 spiro atoms. The maximum absolute atomic E-state index is 11.7. The maximum atomic E-state index is 11.7. The number of thiophene rings is 1. The first-order valence-corrected chi connectivity index (χ1v) is 8.29. The third-order valence-corrected chi connectivity index (χ3v) is 3.96. The molecule has 2 aromatic rings. The van der Waals surface area contributed by atoms with Gasteiger partial charge in [0.15, 0.2) is 0 Å². The van der Waals surface area contributed by atoms with E-state index in [9.17, 15) is 9.59 Å². The number of rotatable bonds is 7. The van der Waals surface area contributed by atoms with Crippen molar-refractivity contribution >= 4 is 34.8 Å². The van der Waals surface area contributed by atoms with Crippen molar-refractivity contribution in [2.75, 3.05) is 13.1 Å². The summed E-state index contributed by atoms with van der Waals surface area (Å²) in [5, 5.41) is 9.87. The lowest BCUT2D eigenvalue weighted by Gasteiger charge is -2.06. The summed E-state index contributed by atoms with van der Waals surface area (Å²) in [5.74, 6) is -0.222. The Labute approximate surface area is 138 Å². The number of carbonyl (C=O) groups excluding carboxylic acids is 2. The number of halogens is 1. The zero-order chi connectivity index (χ0) is 15.8. The maximum Gasteiger partial charge on any atom is 0.252 e. The SMILES string of the molecule is O=C(CCNC(=O)c1ccsc1)NCCc1cccc(Cl)c1. The van der Waals surface area contributed by atoms with Crippen LogP contribution in [-0.4, -0.2) is 24.9 Å². The lowest BCUT2D eigenvalue weighted by molar-refractivity contribution is -0.120. The number of nitrogens with one attached hydrogen (secondary N) is 2. The minimum Gasteiger partial charge on any atom is -0.356 e. The summed E-state index contributed by atoms with van der Waals surface area (Å²) in [5.41, 5.74) is 1.71. The second-order valence-electron chi connectivity index (χ2n) is 4.75. The van der Waals surface area contributed by atoms with Gasteiger partial charge in [-0.15, -0.1) is 0 Å². The van der Waals surface area contributed by atoms with E-state index in [1.807, 2.05) is 29.6 Å². The molecule has 0 radical (unpaired) electrons. The summed E-state index contributed by atoms with van der Waals surface area (Å²) in [7, 11) is 0.